The van der Waals surface area contributed by atoms with Gasteiger partial charge in [-0.15, -0.1) is 6.58 Å². The Bertz CT molecular complexity index is 310. The molecule has 1 amide bonds. The third kappa shape index (κ3) is 1.83. The van der Waals surface area contributed by atoms with Crippen LogP contribution in [0.1, 0.15) is 40.0 Å². The van der Waals surface area contributed by atoms with Gasteiger partial charge in [-0.05, 0) is 46.0 Å². The lowest BCUT2D eigenvalue weighted by atomic mass is 9.63. The molecule has 0 N–H and O–H groups in total. The molecular formula is C13H21NO2. The average Bonchev–Trinajstić information content (AvgIpc) is 2.13. The van der Waals surface area contributed by atoms with Crippen LogP contribution >= 0.6 is 0 Å². The lowest BCUT2D eigenvalue weighted by molar-refractivity contribution is -0.0577. The summed E-state index contributed by atoms with van der Waals surface area (Å²) in [6.45, 7) is 10.4. The van der Waals surface area contributed by atoms with Gasteiger partial charge in [0, 0.05) is 6.54 Å². The van der Waals surface area contributed by atoms with Gasteiger partial charge >= 0.3 is 6.09 Å². The third-order valence-corrected chi connectivity index (χ3v) is 3.58. The zero-order valence-corrected chi connectivity index (χ0v) is 10.5. The van der Waals surface area contributed by atoms with E-state index >= 15 is 0 Å². The second kappa shape index (κ2) is 3.51. The molecule has 0 atom stereocenters. The Hall–Kier alpha value is -0.990. The summed E-state index contributed by atoms with van der Waals surface area (Å²) >= 11 is 0. The van der Waals surface area contributed by atoms with Gasteiger partial charge in [-0.3, -0.25) is 4.90 Å². The van der Waals surface area contributed by atoms with Crippen molar-refractivity contribution < 1.29 is 9.53 Å². The zero-order chi connectivity index (χ0) is 12.0. The maximum Gasteiger partial charge on any atom is 0.410 e. The quantitative estimate of drug-likeness (QED) is 0.640. The van der Waals surface area contributed by atoms with E-state index < -0.39 is 5.60 Å². The first-order chi connectivity index (χ1) is 7.36. The molecule has 3 aliphatic rings. The van der Waals surface area contributed by atoms with Crippen molar-refractivity contribution in [2.24, 2.45) is 5.92 Å². The summed E-state index contributed by atoms with van der Waals surface area (Å²) in [4.78, 5) is 13.9. The predicted octanol–water partition coefficient (Wildman–Crippen LogP) is 2.96. The lowest BCUT2D eigenvalue weighted by Gasteiger charge is -2.57. The van der Waals surface area contributed by atoms with Crippen LogP contribution in [0.4, 0.5) is 4.79 Å². The normalized spacial score (nSPS) is 32.9. The summed E-state index contributed by atoms with van der Waals surface area (Å²) in [5, 5.41) is 0. The summed E-state index contributed by atoms with van der Waals surface area (Å²) in [7, 11) is 0. The van der Waals surface area contributed by atoms with E-state index in [0.29, 0.717) is 0 Å². The maximum absolute atomic E-state index is 12.1. The van der Waals surface area contributed by atoms with Gasteiger partial charge in [0.05, 0.1) is 5.54 Å². The van der Waals surface area contributed by atoms with E-state index in [0.717, 1.165) is 31.7 Å². The number of rotatable bonds is 1. The van der Waals surface area contributed by atoms with Crippen LogP contribution < -0.4 is 0 Å². The van der Waals surface area contributed by atoms with Crippen LogP contribution in [0, 0.1) is 5.92 Å². The fourth-order valence-corrected chi connectivity index (χ4v) is 2.77. The lowest BCUT2D eigenvalue weighted by Crippen LogP contribution is -2.63. The molecule has 0 unspecified atom stereocenters. The van der Waals surface area contributed by atoms with Crippen molar-refractivity contribution in [3.8, 4) is 0 Å². The molecule has 2 saturated heterocycles. The highest BCUT2D eigenvalue weighted by Gasteiger charge is 2.52. The molecule has 1 aliphatic carbocycles. The van der Waals surface area contributed by atoms with Crippen molar-refractivity contribution in [3.05, 3.63) is 12.7 Å². The minimum atomic E-state index is -0.417. The highest BCUT2D eigenvalue weighted by Crippen LogP contribution is 2.49. The molecule has 1 saturated carbocycles. The average molecular weight is 223 g/mol. The minimum absolute atomic E-state index is 0.106. The van der Waals surface area contributed by atoms with Crippen molar-refractivity contribution >= 4 is 6.09 Å². The van der Waals surface area contributed by atoms with Gasteiger partial charge in [0.15, 0.2) is 0 Å². The Morgan fingerprint density at radius 2 is 2.12 bits per heavy atom. The van der Waals surface area contributed by atoms with Gasteiger partial charge in [-0.25, -0.2) is 4.79 Å². The highest BCUT2D eigenvalue weighted by atomic mass is 16.6. The third-order valence-electron chi connectivity index (χ3n) is 3.58. The Labute approximate surface area is 97.5 Å². The molecule has 3 fully saturated rings. The van der Waals surface area contributed by atoms with E-state index in [-0.39, 0.29) is 11.6 Å². The smallest absolute Gasteiger partial charge is 0.410 e. The number of ether oxygens (including phenoxy) is 1. The van der Waals surface area contributed by atoms with Crippen LogP contribution in [0.2, 0.25) is 0 Å². The Kier molecular flexibility index (Phi) is 2.52. The highest BCUT2D eigenvalue weighted by molar-refractivity contribution is 5.70. The van der Waals surface area contributed by atoms with E-state index in [4.69, 9.17) is 4.74 Å². The van der Waals surface area contributed by atoms with Gasteiger partial charge in [0.2, 0.25) is 0 Å². The van der Waals surface area contributed by atoms with E-state index in [9.17, 15) is 4.79 Å². The van der Waals surface area contributed by atoms with Crippen molar-refractivity contribution in [3.63, 3.8) is 0 Å². The first-order valence-corrected chi connectivity index (χ1v) is 6.00. The van der Waals surface area contributed by atoms with E-state index in [1.165, 1.54) is 0 Å². The van der Waals surface area contributed by atoms with E-state index in [2.05, 4.69) is 6.58 Å². The SMILES string of the molecule is C=CC12CC(CCN1C(=O)OC(C)(C)C)C2. The first kappa shape index (κ1) is 11.5. The Morgan fingerprint density at radius 3 is 2.62 bits per heavy atom. The number of amides is 1. The molecule has 2 heterocycles. The number of fused-ring (bicyclic) bond motifs is 2. The van der Waals surface area contributed by atoms with Crippen LogP contribution in [0.5, 0.6) is 0 Å². The Morgan fingerprint density at radius 1 is 1.50 bits per heavy atom. The molecule has 3 rings (SSSR count). The number of piperidine rings is 2. The molecule has 16 heavy (non-hydrogen) atoms. The largest absolute Gasteiger partial charge is 0.444 e. The van der Waals surface area contributed by atoms with Crippen LogP contribution in [-0.2, 0) is 4.74 Å². The molecule has 2 bridgehead atoms. The predicted molar refractivity (Wildman–Crippen MR) is 63.2 cm³/mol. The summed E-state index contributed by atoms with van der Waals surface area (Å²) in [6, 6.07) is 0. The van der Waals surface area contributed by atoms with Crippen molar-refractivity contribution in [1.29, 1.82) is 0 Å². The molecule has 90 valence electrons. The fourth-order valence-electron chi connectivity index (χ4n) is 2.77. The van der Waals surface area contributed by atoms with Crippen molar-refractivity contribution in [1.82, 2.24) is 4.90 Å². The van der Waals surface area contributed by atoms with Crippen molar-refractivity contribution in [2.75, 3.05) is 6.54 Å². The minimum Gasteiger partial charge on any atom is -0.444 e. The molecule has 0 aromatic carbocycles. The standard InChI is InChI=1S/C13H21NO2/c1-5-13-8-10(9-13)6-7-14(13)11(15)16-12(2,3)4/h5,10H,1,6-9H2,2-4H3. The summed E-state index contributed by atoms with van der Waals surface area (Å²) in [5.41, 5.74) is -0.523. The van der Waals surface area contributed by atoms with Crippen LogP contribution in [-0.4, -0.2) is 28.7 Å². The molecular weight excluding hydrogens is 202 g/mol. The Balaban J connectivity index is 2.08. The van der Waals surface area contributed by atoms with Crippen LogP contribution in [0.3, 0.4) is 0 Å². The topological polar surface area (TPSA) is 29.5 Å². The van der Waals surface area contributed by atoms with Gasteiger partial charge < -0.3 is 4.74 Å². The number of nitrogens with zero attached hydrogens (tertiary/aromatic N) is 1. The summed E-state index contributed by atoms with van der Waals surface area (Å²) in [6.07, 6.45) is 4.97. The molecule has 2 aliphatic heterocycles. The molecule has 3 heteroatoms. The summed E-state index contributed by atoms with van der Waals surface area (Å²) < 4.78 is 5.44. The second-order valence-electron chi connectivity index (χ2n) is 6.00. The molecule has 0 radical (unpaired) electrons. The number of carbonyl (C=O) groups excluding carboxylic acids is 1. The number of carbonyl (C=O) groups is 1. The van der Waals surface area contributed by atoms with Crippen molar-refractivity contribution in [2.45, 2.75) is 51.2 Å². The number of hydrogen-bond donors (Lipinski definition) is 0. The molecule has 0 aromatic heterocycles. The van der Waals surface area contributed by atoms with Gasteiger partial charge in [0.25, 0.3) is 0 Å². The fraction of sp³-hybridized carbons (Fsp3) is 0.769. The van der Waals surface area contributed by atoms with Crippen LogP contribution in [0.15, 0.2) is 12.7 Å². The molecule has 3 nitrogen and oxygen atoms in total. The number of hydrogen-bond acceptors (Lipinski definition) is 2. The molecule has 0 aromatic rings. The zero-order valence-electron chi connectivity index (χ0n) is 10.5. The second-order valence-corrected chi connectivity index (χ2v) is 6.00. The van der Waals surface area contributed by atoms with E-state index in [1.54, 1.807) is 0 Å². The molecule has 0 spiro atoms. The van der Waals surface area contributed by atoms with Gasteiger partial charge in [-0.2, -0.15) is 0 Å². The summed E-state index contributed by atoms with van der Waals surface area (Å²) in [5.74, 6) is 0.789. The van der Waals surface area contributed by atoms with Gasteiger partial charge in [0.1, 0.15) is 5.60 Å². The maximum atomic E-state index is 12.1. The van der Waals surface area contributed by atoms with Crippen LogP contribution in [0.25, 0.3) is 0 Å². The van der Waals surface area contributed by atoms with Gasteiger partial charge in [-0.1, -0.05) is 6.08 Å². The first-order valence-electron chi connectivity index (χ1n) is 6.00. The van der Waals surface area contributed by atoms with E-state index in [1.807, 2.05) is 31.7 Å². The monoisotopic (exact) mass is 223 g/mol.